The Kier molecular flexibility index (Phi) is 14.1. The molecule has 2 aromatic rings. The summed E-state index contributed by atoms with van der Waals surface area (Å²) in [5.41, 5.74) is 11.8. The number of benzene rings is 2. The van der Waals surface area contributed by atoms with Gasteiger partial charge in [-0.1, -0.05) is 47.5 Å². The maximum atomic E-state index is 12.2. The second-order valence-electron chi connectivity index (χ2n) is 8.04. The van der Waals surface area contributed by atoms with Gasteiger partial charge in [0.05, 0.1) is 28.6 Å². The van der Waals surface area contributed by atoms with E-state index in [9.17, 15) is 19.2 Å². The molecule has 0 saturated heterocycles. The molecule has 0 fully saturated rings. The standard InChI is InChI=1S/C18H16Cl2N2O5.C6H14N4O2/c19-11-5-3-6-12(20)17(11)22-13-7-2-1-4-10(13)8-15(23)21-14(18(26)27)9-16(24)25;7-4(5(11)12)2-1-3-10-6(8)9/h1-7,14,22H,8-9H2,(H,21,23)(H,24,25)(H,26,27);4H,1-3,7H2,(H,11,12)(H4,8,9,10)/t;4-/m.0/s1. The Bertz CT molecular complexity index is 1160. The molecular weight excluding hydrogens is 555 g/mol. The summed E-state index contributed by atoms with van der Waals surface area (Å²) in [5.74, 6) is -4.47. The van der Waals surface area contributed by atoms with Crippen LogP contribution in [0.25, 0.3) is 0 Å². The van der Waals surface area contributed by atoms with Gasteiger partial charge >= 0.3 is 17.9 Å². The maximum absolute atomic E-state index is 12.2. The van der Waals surface area contributed by atoms with E-state index in [4.69, 9.17) is 55.4 Å². The highest BCUT2D eigenvalue weighted by molar-refractivity contribution is 6.39. The van der Waals surface area contributed by atoms with Crippen molar-refractivity contribution in [3.8, 4) is 0 Å². The van der Waals surface area contributed by atoms with E-state index in [-0.39, 0.29) is 12.4 Å². The summed E-state index contributed by atoms with van der Waals surface area (Å²) in [6.45, 7) is 0.482. The molecule has 13 nitrogen and oxygen atoms in total. The molecule has 0 radical (unpaired) electrons. The van der Waals surface area contributed by atoms with Gasteiger partial charge in [0.1, 0.15) is 12.1 Å². The molecule has 0 bridgehead atoms. The van der Waals surface area contributed by atoms with Crippen LogP contribution in [0.5, 0.6) is 0 Å². The largest absolute Gasteiger partial charge is 0.481 e. The zero-order valence-corrected chi connectivity index (χ0v) is 22.1. The van der Waals surface area contributed by atoms with E-state index in [0.717, 1.165) is 0 Å². The number of anilines is 2. The first-order chi connectivity index (χ1) is 18.3. The summed E-state index contributed by atoms with van der Waals surface area (Å²) in [4.78, 5) is 44.2. The van der Waals surface area contributed by atoms with E-state index in [1.165, 1.54) is 0 Å². The van der Waals surface area contributed by atoms with Gasteiger partial charge in [0, 0.05) is 12.2 Å². The van der Waals surface area contributed by atoms with Crippen molar-refractivity contribution >= 4 is 64.4 Å². The minimum absolute atomic E-state index is 0.112. The van der Waals surface area contributed by atoms with Crippen molar-refractivity contribution in [2.45, 2.75) is 37.8 Å². The quantitative estimate of drug-likeness (QED) is 0.0935. The van der Waals surface area contributed by atoms with E-state index in [1.54, 1.807) is 42.5 Å². The first-order valence-corrected chi connectivity index (χ1v) is 12.2. The van der Waals surface area contributed by atoms with Crippen LogP contribution in [0.2, 0.25) is 10.0 Å². The first-order valence-electron chi connectivity index (χ1n) is 11.4. The number of hydrogen-bond acceptors (Lipinski definition) is 7. The monoisotopic (exact) mass is 584 g/mol. The van der Waals surface area contributed by atoms with E-state index in [1.807, 2.05) is 0 Å². The Hall–Kier alpha value is -4.07. The molecule has 0 spiro atoms. The first kappa shape index (κ1) is 33.0. The van der Waals surface area contributed by atoms with Gasteiger partial charge in [0.15, 0.2) is 5.96 Å². The van der Waals surface area contributed by atoms with Crippen LogP contribution in [-0.2, 0) is 25.6 Å². The smallest absolute Gasteiger partial charge is 0.326 e. The summed E-state index contributed by atoms with van der Waals surface area (Å²) in [6.07, 6.45) is 0.105. The number of amides is 1. The minimum atomic E-state index is -1.51. The van der Waals surface area contributed by atoms with E-state index in [2.05, 4.69) is 16.0 Å². The number of carboxylic acid groups (broad SMARTS) is 3. The fraction of sp³-hybridized carbons (Fsp3) is 0.292. The lowest BCUT2D eigenvalue weighted by Crippen LogP contribution is -2.42. The van der Waals surface area contributed by atoms with Crippen molar-refractivity contribution in [2.75, 3.05) is 11.9 Å². The van der Waals surface area contributed by atoms with Crippen LogP contribution in [0.1, 0.15) is 24.8 Å². The van der Waals surface area contributed by atoms with Gasteiger partial charge in [-0.05, 0) is 36.6 Å². The van der Waals surface area contributed by atoms with Crippen molar-refractivity contribution in [3.63, 3.8) is 0 Å². The molecule has 11 N–H and O–H groups in total. The van der Waals surface area contributed by atoms with Crippen LogP contribution in [0.4, 0.5) is 11.4 Å². The van der Waals surface area contributed by atoms with Gasteiger partial charge in [0.25, 0.3) is 0 Å². The molecule has 2 atom stereocenters. The molecule has 39 heavy (non-hydrogen) atoms. The number of halogens is 2. The fourth-order valence-electron chi connectivity index (χ4n) is 3.01. The van der Waals surface area contributed by atoms with Crippen molar-refractivity contribution in [1.82, 2.24) is 10.6 Å². The number of hydrogen-bond donors (Lipinski definition) is 9. The summed E-state index contributed by atoms with van der Waals surface area (Å²) < 4.78 is 0. The zero-order valence-electron chi connectivity index (χ0n) is 20.6. The molecule has 2 aromatic carbocycles. The van der Waals surface area contributed by atoms with Gasteiger partial charge in [-0.15, -0.1) is 0 Å². The minimum Gasteiger partial charge on any atom is -0.481 e. The van der Waals surface area contributed by atoms with Crippen molar-refractivity contribution in [3.05, 3.63) is 58.1 Å². The number of carboxylic acids is 3. The molecule has 2 rings (SSSR count). The Balaban J connectivity index is 0.000000534. The van der Waals surface area contributed by atoms with Crippen LogP contribution in [0.3, 0.4) is 0 Å². The number of carbonyl (C=O) groups is 4. The molecule has 0 saturated carbocycles. The molecular formula is C24H30Cl2N6O7. The number of para-hydroxylation sites is 2. The Morgan fingerprint density at radius 2 is 1.56 bits per heavy atom. The number of nitrogens with one attached hydrogen (secondary N) is 4. The third kappa shape index (κ3) is 12.8. The Morgan fingerprint density at radius 1 is 0.949 bits per heavy atom. The fourth-order valence-corrected chi connectivity index (χ4v) is 3.50. The number of rotatable bonds is 13. The Morgan fingerprint density at radius 3 is 2.10 bits per heavy atom. The second kappa shape index (κ2) is 16.7. The molecule has 0 heterocycles. The van der Waals surface area contributed by atoms with Crippen LogP contribution in [0, 0.1) is 5.41 Å². The second-order valence-corrected chi connectivity index (χ2v) is 8.85. The lowest BCUT2D eigenvalue weighted by atomic mass is 10.1. The van der Waals surface area contributed by atoms with Gasteiger partial charge in [-0.25, -0.2) is 4.79 Å². The van der Waals surface area contributed by atoms with Gasteiger partial charge < -0.3 is 42.7 Å². The third-order valence-electron chi connectivity index (χ3n) is 4.93. The summed E-state index contributed by atoms with van der Waals surface area (Å²) in [5, 5.41) is 41.6. The van der Waals surface area contributed by atoms with Gasteiger partial charge in [-0.3, -0.25) is 19.8 Å². The van der Waals surface area contributed by atoms with Crippen molar-refractivity contribution in [1.29, 1.82) is 5.41 Å². The van der Waals surface area contributed by atoms with Crippen LogP contribution in [-0.4, -0.2) is 63.7 Å². The molecule has 1 unspecified atom stereocenters. The average molecular weight is 585 g/mol. The molecule has 15 heteroatoms. The Labute approximate surface area is 234 Å². The lowest BCUT2D eigenvalue weighted by Gasteiger charge is -2.16. The number of nitrogens with two attached hydrogens (primary N) is 2. The molecule has 0 aliphatic heterocycles. The summed E-state index contributed by atoms with van der Waals surface area (Å²) in [7, 11) is 0. The van der Waals surface area contributed by atoms with Crippen molar-refractivity contribution < 1.29 is 34.5 Å². The third-order valence-corrected chi connectivity index (χ3v) is 5.56. The molecule has 0 aromatic heterocycles. The summed E-state index contributed by atoms with van der Waals surface area (Å²) >= 11 is 12.3. The van der Waals surface area contributed by atoms with E-state index in [0.29, 0.717) is 46.4 Å². The predicted octanol–water partition coefficient (Wildman–Crippen LogP) is 1.99. The highest BCUT2D eigenvalue weighted by atomic mass is 35.5. The summed E-state index contributed by atoms with van der Waals surface area (Å²) in [6, 6.07) is 9.56. The molecule has 212 valence electrons. The lowest BCUT2D eigenvalue weighted by molar-refractivity contribution is -0.147. The highest BCUT2D eigenvalue weighted by Gasteiger charge is 2.23. The topological polar surface area (TPSA) is 241 Å². The van der Waals surface area contributed by atoms with Crippen LogP contribution in [0.15, 0.2) is 42.5 Å². The van der Waals surface area contributed by atoms with Crippen LogP contribution < -0.4 is 27.4 Å². The van der Waals surface area contributed by atoms with Crippen LogP contribution >= 0.6 is 23.2 Å². The SMILES string of the molecule is N=C(N)NCCC[C@H](N)C(=O)O.O=C(O)CC(NC(=O)Cc1ccccc1Nc1c(Cl)cccc1Cl)C(=O)O. The van der Waals surface area contributed by atoms with E-state index >= 15 is 0 Å². The maximum Gasteiger partial charge on any atom is 0.326 e. The van der Waals surface area contributed by atoms with Gasteiger partial charge in [-0.2, -0.15) is 0 Å². The van der Waals surface area contributed by atoms with Crippen molar-refractivity contribution in [2.24, 2.45) is 11.5 Å². The molecule has 0 aliphatic carbocycles. The zero-order chi connectivity index (χ0) is 29.5. The molecule has 1 amide bonds. The van der Waals surface area contributed by atoms with Gasteiger partial charge in [0.2, 0.25) is 5.91 Å². The highest BCUT2D eigenvalue weighted by Crippen LogP contribution is 2.33. The number of aliphatic carboxylic acids is 3. The van der Waals surface area contributed by atoms with E-state index < -0.39 is 42.3 Å². The average Bonchev–Trinajstić information content (AvgIpc) is 2.84. The molecule has 0 aliphatic rings. The number of guanidine groups is 1. The predicted molar refractivity (Wildman–Crippen MR) is 146 cm³/mol. The number of carbonyl (C=O) groups excluding carboxylic acids is 1. The normalized spacial score (nSPS) is 11.7.